The third kappa shape index (κ3) is 1.87. The lowest BCUT2D eigenvalue weighted by molar-refractivity contribution is 0.0684. The first kappa shape index (κ1) is 7.93. The molecule has 0 bridgehead atoms. The summed E-state index contributed by atoms with van der Waals surface area (Å²) in [6.07, 6.45) is 0. The average Bonchev–Trinajstić information content (AvgIpc) is 2.37. The fourth-order valence-electron chi connectivity index (χ4n) is 0.479. The number of hydrogen-bond donors (Lipinski definition) is 1. The fraction of sp³-hybridized carbons (Fsp3) is 0.400. The number of hydrogen-bond acceptors (Lipinski definition) is 5. The molecule has 0 fully saturated rings. The molecule has 0 radical (unpaired) electrons. The Morgan fingerprint density at radius 2 is 2.55 bits per heavy atom. The lowest BCUT2D eigenvalue weighted by Gasteiger charge is -1.91. The van der Waals surface area contributed by atoms with Gasteiger partial charge in [0.15, 0.2) is 0 Å². The van der Waals surface area contributed by atoms with E-state index in [-0.39, 0.29) is 5.82 Å². The molecule has 0 atom stereocenters. The Bertz CT molecular complexity index is 260. The van der Waals surface area contributed by atoms with Gasteiger partial charge in [0.05, 0.1) is 6.61 Å². The van der Waals surface area contributed by atoms with E-state index in [1.54, 1.807) is 6.92 Å². The Morgan fingerprint density at radius 1 is 1.82 bits per heavy atom. The molecule has 0 aliphatic carbocycles. The van der Waals surface area contributed by atoms with Crippen molar-refractivity contribution in [3.8, 4) is 5.19 Å². The van der Waals surface area contributed by atoms with Gasteiger partial charge in [0.2, 0.25) is 0 Å². The van der Waals surface area contributed by atoms with Crippen LogP contribution in [-0.2, 0) is 0 Å². The number of carbonyl (C=O) groups is 1. The van der Waals surface area contributed by atoms with E-state index in [0.29, 0.717) is 11.8 Å². The van der Waals surface area contributed by atoms with Gasteiger partial charge >= 0.3 is 5.97 Å². The van der Waals surface area contributed by atoms with Crippen LogP contribution >= 0.6 is 11.5 Å². The Hall–Kier alpha value is -1.17. The van der Waals surface area contributed by atoms with Gasteiger partial charge in [-0.1, -0.05) is 0 Å². The first-order valence-corrected chi connectivity index (χ1v) is 3.71. The van der Waals surface area contributed by atoms with Crippen LogP contribution in [0.3, 0.4) is 0 Å². The van der Waals surface area contributed by atoms with Gasteiger partial charge in [-0.15, -0.1) is 0 Å². The maximum absolute atomic E-state index is 10.2. The van der Waals surface area contributed by atoms with Gasteiger partial charge in [0.1, 0.15) is 0 Å². The molecular weight excluding hydrogens is 168 g/mol. The Balaban J connectivity index is 2.73. The molecule has 1 aromatic heterocycles. The molecule has 1 heterocycles. The summed E-state index contributed by atoms with van der Waals surface area (Å²) in [5.74, 6) is -1.34. The van der Waals surface area contributed by atoms with E-state index < -0.39 is 5.97 Å². The van der Waals surface area contributed by atoms with E-state index in [2.05, 4.69) is 9.36 Å². The van der Waals surface area contributed by atoms with E-state index in [1.165, 1.54) is 0 Å². The smallest absolute Gasteiger partial charge is 0.375 e. The monoisotopic (exact) mass is 174 g/mol. The van der Waals surface area contributed by atoms with E-state index in [4.69, 9.17) is 9.84 Å². The van der Waals surface area contributed by atoms with Crippen molar-refractivity contribution in [2.75, 3.05) is 6.61 Å². The molecule has 11 heavy (non-hydrogen) atoms. The molecule has 1 N–H and O–H groups in total. The Kier molecular flexibility index (Phi) is 2.37. The van der Waals surface area contributed by atoms with Crippen LogP contribution in [0.1, 0.15) is 17.5 Å². The molecule has 0 aliphatic heterocycles. The first-order chi connectivity index (χ1) is 5.24. The van der Waals surface area contributed by atoms with E-state index >= 15 is 0 Å². The average molecular weight is 174 g/mol. The third-order valence-corrected chi connectivity index (χ3v) is 1.50. The molecule has 0 aliphatic rings. The normalized spacial score (nSPS) is 9.55. The van der Waals surface area contributed by atoms with Gasteiger partial charge in [-0.25, -0.2) is 4.79 Å². The number of carboxylic acid groups (broad SMARTS) is 1. The van der Waals surface area contributed by atoms with Crippen molar-refractivity contribution in [3.63, 3.8) is 0 Å². The van der Waals surface area contributed by atoms with Crippen LogP contribution in [-0.4, -0.2) is 27.0 Å². The highest BCUT2D eigenvalue weighted by atomic mass is 32.1. The number of rotatable bonds is 3. The molecule has 0 aromatic carbocycles. The van der Waals surface area contributed by atoms with Crippen LogP contribution in [0, 0.1) is 0 Å². The first-order valence-electron chi connectivity index (χ1n) is 2.94. The topological polar surface area (TPSA) is 72.3 Å². The predicted molar refractivity (Wildman–Crippen MR) is 38.0 cm³/mol. The molecular formula is C5H6N2O3S. The van der Waals surface area contributed by atoms with Gasteiger partial charge < -0.3 is 9.84 Å². The van der Waals surface area contributed by atoms with Crippen molar-refractivity contribution in [2.45, 2.75) is 6.92 Å². The summed E-state index contributed by atoms with van der Waals surface area (Å²) in [5.41, 5.74) is 0. The van der Waals surface area contributed by atoms with Crippen molar-refractivity contribution in [3.05, 3.63) is 5.82 Å². The molecule has 0 amide bonds. The van der Waals surface area contributed by atoms with Crippen molar-refractivity contribution in [1.29, 1.82) is 0 Å². The number of ether oxygens (including phenoxy) is 1. The SMILES string of the molecule is CCOc1nc(C(=O)O)ns1. The lowest BCUT2D eigenvalue weighted by atomic mass is 10.6. The molecule has 0 saturated heterocycles. The van der Waals surface area contributed by atoms with Crippen molar-refractivity contribution in [1.82, 2.24) is 9.36 Å². The maximum Gasteiger partial charge on any atom is 0.375 e. The van der Waals surface area contributed by atoms with Crippen LogP contribution in [0.15, 0.2) is 0 Å². The van der Waals surface area contributed by atoms with Crippen molar-refractivity contribution >= 4 is 17.5 Å². The second-order valence-electron chi connectivity index (χ2n) is 1.62. The van der Waals surface area contributed by atoms with Crippen LogP contribution in [0.4, 0.5) is 0 Å². The zero-order valence-corrected chi connectivity index (χ0v) is 6.59. The summed E-state index contributed by atoms with van der Waals surface area (Å²) >= 11 is 0.938. The Morgan fingerprint density at radius 3 is 3.00 bits per heavy atom. The second-order valence-corrected chi connectivity index (χ2v) is 2.34. The third-order valence-electron chi connectivity index (χ3n) is 0.866. The summed E-state index contributed by atoms with van der Waals surface area (Å²) in [6.45, 7) is 2.26. The number of aromatic carboxylic acids is 1. The predicted octanol–water partition coefficient (Wildman–Crippen LogP) is 0.635. The van der Waals surface area contributed by atoms with Gasteiger partial charge in [-0.3, -0.25) is 0 Å². The van der Waals surface area contributed by atoms with Crippen molar-refractivity contribution < 1.29 is 14.6 Å². The highest BCUT2D eigenvalue weighted by Crippen LogP contribution is 2.13. The lowest BCUT2D eigenvalue weighted by Crippen LogP contribution is -1.98. The maximum atomic E-state index is 10.2. The summed E-state index contributed by atoms with van der Waals surface area (Å²) in [4.78, 5) is 13.8. The number of nitrogens with zero attached hydrogens (tertiary/aromatic N) is 2. The zero-order chi connectivity index (χ0) is 8.27. The molecule has 60 valence electrons. The van der Waals surface area contributed by atoms with E-state index in [0.717, 1.165) is 11.5 Å². The molecule has 1 aromatic rings. The minimum absolute atomic E-state index is 0.210. The van der Waals surface area contributed by atoms with Crippen molar-refractivity contribution in [2.24, 2.45) is 0 Å². The second kappa shape index (κ2) is 3.29. The molecule has 6 heteroatoms. The minimum atomic E-state index is -1.13. The fourth-order valence-corrected chi connectivity index (χ4v) is 1.06. The Labute approximate surface area is 66.8 Å². The highest BCUT2D eigenvalue weighted by Gasteiger charge is 2.10. The number of aromatic nitrogens is 2. The molecule has 1 rings (SSSR count). The quantitative estimate of drug-likeness (QED) is 0.727. The van der Waals surface area contributed by atoms with E-state index in [9.17, 15) is 4.79 Å². The number of carboxylic acids is 1. The molecule has 0 saturated carbocycles. The highest BCUT2D eigenvalue weighted by molar-refractivity contribution is 7.07. The largest absolute Gasteiger partial charge is 0.475 e. The summed E-state index contributed by atoms with van der Waals surface area (Å²) in [7, 11) is 0. The van der Waals surface area contributed by atoms with Crippen LogP contribution in [0.2, 0.25) is 0 Å². The van der Waals surface area contributed by atoms with E-state index in [1.807, 2.05) is 0 Å². The minimum Gasteiger partial charge on any atom is -0.475 e. The van der Waals surface area contributed by atoms with Crippen LogP contribution < -0.4 is 4.74 Å². The van der Waals surface area contributed by atoms with Gasteiger partial charge in [0, 0.05) is 11.5 Å². The molecule has 5 nitrogen and oxygen atoms in total. The van der Waals surface area contributed by atoms with Crippen LogP contribution in [0.25, 0.3) is 0 Å². The molecule has 0 unspecified atom stereocenters. The zero-order valence-electron chi connectivity index (χ0n) is 5.77. The van der Waals surface area contributed by atoms with Gasteiger partial charge in [-0.2, -0.15) is 9.36 Å². The summed E-state index contributed by atoms with van der Waals surface area (Å²) in [6, 6.07) is 0. The summed E-state index contributed by atoms with van der Waals surface area (Å²) in [5, 5.41) is 8.69. The van der Waals surface area contributed by atoms with Crippen LogP contribution in [0.5, 0.6) is 5.19 Å². The van der Waals surface area contributed by atoms with Gasteiger partial charge in [0.25, 0.3) is 11.0 Å². The standard InChI is InChI=1S/C5H6N2O3S/c1-2-10-5-6-3(4(8)9)7-11-5/h2H2,1H3,(H,8,9). The van der Waals surface area contributed by atoms with Gasteiger partial charge in [-0.05, 0) is 6.92 Å². The summed E-state index contributed by atoms with van der Waals surface area (Å²) < 4.78 is 8.46. The molecule has 0 spiro atoms.